The van der Waals surface area contributed by atoms with Crippen molar-refractivity contribution in [1.29, 1.82) is 0 Å². The van der Waals surface area contributed by atoms with Crippen molar-refractivity contribution >= 4 is 27.5 Å². The first-order valence-corrected chi connectivity index (χ1v) is 7.51. The molecule has 0 saturated heterocycles. The van der Waals surface area contributed by atoms with Crippen molar-refractivity contribution in [2.45, 2.75) is 18.9 Å². The first kappa shape index (κ1) is 16.4. The molecule has 21 heavy (non-hydrogen) atoms. The molecule has 0 aliphatic rings. The smallest absolute Gasteiger partial charge is 0.145 e. The van der Waals surface area contributed by atoms with Crippen LogP contribution in [0.25, 0.3) is 0 Å². The average Bonchev–Trinajstić information content (AvgIpc) is 2.46. The number of hydrogen-bond donors (Lipinski definition) is 2. The maximum absolute atomic E-state index is 13.9. The minimum atomic E-state index is -0.464. The van der Waals surface area contributed by atoms with E-state index in [0.29, 0.717) is 24.0 Å². The molecule has 2 aromatic carbocycles. The van der Waals surface area contributed by atoms with Crippen molar-refractivity contribution < 1.29 is 8.78 Å². The van der Waals surface area contributed by atoms with Gasteiger partial charge in [0.05, 0.1) is 5.02 Å². The lowest BCUT2D eigenvalue weighted by Crippen LogP contribution is -2.38. The Morgan fingerprint density at radius 1 is 1.14 bits per heavy atom. The van der Waals surface area contributed by atoms with Gasteiger partial charge in [0, 0.05) is 10.5 Å². The Hall–Kier alpha value is -1.01. The van der Waals surface area contributed by atoms with Gasteiger partial charge < -0.3 is 0 Å². The fourth-order valence-corrected chi connectivity index (χ4v) is 2.73. The van der Waals surface area contributed by atoms with Crippen molar-refractivity contribution in [2.24, 2.45) is 5.84 Å². The summed E-state index contributed by atoms with van der Waals surface area (Å²) in [4.78, 5) is 0. The summed E-state index contributed by atoms with van der Waals surface area (Å²) in [6.07, 6.45) is 0.655. The third-order valence-corrected chi connectivity index (χ3v) is 3.99. The molecular weight excluding hydrogens is 362 g/mol. The third-order valence-electron chi connectivity index (χ3n) is 3.21. The standard InChI is InChI=1S/C15H14BrClF2N2/c16-11-4-5-14(18)10(6-11)8-12(21-20)7-9-2-1-3-13(17)15(9)19/h1-6,12,21H,7-8,20H2. The first-order chi connectivity index (χ1) is 10.0. The van der Waals surface area contributed by atoms with Crippen molar-refractivity contribution in [1.82, 2.24) is 5.43 Å². The van der Waals surface area contributed by atoms with Crippen LogP contribution in [0.2, 0.25) is 5.02 Å². The van der Waals surface area contributed by atoms with E-state index >= 15 is 0 Å². The Morgan fingerprint density at radius 2 is 1.86 bits per heavy atom. The number of benzene rings is 2. The van der Waals surface area contributed by atoms with E-state index in [1.807, 2.05) is 0 Å². The van der Waals surface area contributed by atoms with E-state index in [-0.39, 0.29) is 16.9 Å². The third kappa shape index (κ3) is 4.23. The molecule has 0 aliphatic heterocycles. The monoisotopic (exact) mass is 374 g/mol. The summed E-state index contributed by atoms with van der Waals surface area (Å²) in [6, 6.07) is 9.19. The van der Waals surface area contributed by atoms with E-state index in [4.69, 9.17) is 17.4 Å². The van der Waals surface area contributed by atoms with E-state index in [0.717, 1.165) is 4.47 Å². The molecule has 1 unspecified atom stereocenters. The Bertz CT molecular complexity index is 633. The summed E-state index contributed by atoms with van der Waals surface area (Å²) in [7, 11) is 0. The Labute approximate surface area is 135 Å². The molecule has 0 saturated carbocycles. The fourth-order valence-electron chi connectivity index (χ4n) is 2.13. The van der Waals surface area contributed by atoms with Gasteiger partial charge in [-0.3, -0.25) is 11.3 Å². The van der Waals surface area contributed by atoms with Crippen LogP contribution in [0.5, 0.6) is 0 Å². The topological polar surface area (TPSA) is 38.0 Å². The van der Waals surface area contributed by atoms with Crippen molar-refractivity contribution in [3.63, 3.8) is 0 Å². The second kappa shape index (κ2) is 7.31. The molecule has 3 N–H and O–H groups in total. The van der Waals surface area contributed by atoms with E-state index in [9.17, 15) is 8.78 Å². The van der Waals surface area contributed by atoms with Crippen LogP contribution in [0.1, 0.15) is 11.1 Å². The van der Waals surface area contributed by atoms with Crippen LogP contribution >= 0.6 is 27.5 Å². The summed E-state index contributed by atoms with van der Waals surface area (Å²) in [5.74, 6) is 4.73. The molecule has 0 spiro atoms. The number of nitrogens with two attached hydrogens (primary N) is 1. The number of halogens is 4. The van der Waals surface area contributed by atoms with Gasteiger partial charge in [-0.05, 0) is 48.2 Å². The molecule has 0 bridgehead atoms. The zero-order chi connectivity index (χ0) is 15.4. The number of hydrazine groups is 1. The lowest BCUT2D eigenvalue weighted by atomic mass is 9.99. The maximum atomic E-state index is 13.9. The molecule has 2 rings (SSSR count). The molecule has 0 aliphatic carbocycles. The van der Waals surface area contributed by atoms with E-state index in [1.165, 1.54) is 12.1 Å². The summed E-state index contributed by atoms with van der Waals surface area (Å²) in [5.41, 5.74) is 3.55. The van der Waals surface area contributed by atoms with Crippen LogP contribution in [-0.2, 0) is 12.8 Å². The average molecular weight is 376 g/mol. The summed E-state index contributed by atoms with van der Waals surface area (Å²) in [6.45, 7) is 0. The molecule has 0 aromatic heterocycles. The number of rotatable bonds is 5. The lowest BCUT2D eigenvalue weighted by Gasteiger charge is -2.17. The summed E-state index contributed by atoms with van der Waals surface area (Å²) in [5, 5.41) is 0.0666. The highest BCUT2D eigenvalue weighted by Crippen LogP contribution is 2.21. The molecular formula is C15H14BrClF2N2. The highest BCUT2D eigenvalue weighted by Gasteiger charge is 2.15. The van der Waals surface area contributed by atoms with Gasteiger partial charge in [0.25, 0.3) is 0 Å². The van der Waals surface area contributed by atoms with Crippen LogP contribution < -0.4 is 11.3 Å². The Morgan fingerprint density at radius 3 is 2.57 bits per heavy atom. The highest BCUT2D eigenvalue weighted by molar-refractivity contribution is 9.10. The highest BCUT2D eigenvalue weighted by atomic mass is 79.9. The van der Waals surface area contributed by atoms with Gasteiger partial charge in [0.15, 0.2) is 0 Å². The molecule has 2 nitrogen and oxygen atoms in total. The van der Waals surface area contributed by atoms with Crippen LogP contribution in [0.3, 0.4) is 0 Å². The molecule has 2 aromatic rings. The minimum Gasteiger partial charge on any atom is -0.271 e. The molecule has 0 heterocycles. The largest absolute Gasteiger partial charge is 0.271 e. The number of hydrogen-bond acceptors (Lipinski definition) is 2. The minimum absolute atomic E-state index is 0.0666. The molecule has 0 radical (unpaired) electrons. The second-order valence-corrected chi connectivity index (χ2v) is 6.04. The Kier molecular flexibility index (Phi) is 5.70. The zero-order valence-corrected chi connectivity index (χ0v) is 13.4. The van der Waals surface area contributed by atoms with Crippen molar-refractivity contribution in [3.05, 3.63) is 68.7 Å². The second-order valence-electron chi connectivity index (χ2n) is 4.72. The van der Waals surface area contributed by atoms with E-state index in [1.54, 1.807) is 24.3 Å². The van der Waals surface area contributed by atoms with Crippen LogP contribution in [0.15, 0.2) is 40.9 Å². The van der Waals surface area contributed by atoms with Gasteiger partial charge in [-0.25, -0.2) is 8.78 Å². The van der Waals surface area contributed by atoms with Crippen LogP contribution in [0.4, 0.5) is 8.78 Å². The Balaban J connectivity index is 2.17. The van der Waals surface area contributed by atoms with Crippen molar-refractivity contribution in [2.75, 3.05) is 0 Å². The zero-order valence-electron chi connectivity index (χ0n) is 11.0. The predicted octanol–water partition coefficient (Wildman–Crippen LogP) is 4.00. The number of nitrogens with one attached hydrogen (secondary N) is 1. The van der Waals surface area contributed by atoms with Gasteiger partial charge in [0.1, 0.15) is 11.6 Å². The molecule has 0 amide bonds. The molecule has 1 atom stereocenters. The summed E-state index contributed by atoms with van der Waals surface area (Å²) < 4.78 is 28.4. The van der Waals surface area contributed by atoms with Gasteiger partial charge in [-0.2, -0.15) is 0 Å². The van der Waals surface area contributed by atoms with Gasteiger partial charge in [-0.15, -0.1) is 0 Å². The SMILES string of the molecule is NNC(Cc1cc(Br)ccc1F)Cc1cccc(Cl)c1F. The predicted molar refractivity (Wildman–Crippen MR) is 84.0 cm³/mol. The molecule has 112 valence electrons. The fraction of sp³-hybridized carbons (Fsp3) is 0.200. The molecule has 6 heteroatoms. The maximum Gasteiger partial charge on any atom is 0.145 e. The van der Waals surface area contributed by atoms with Crippen LogP contribution in [0, 0.1) is 11.6 Å². The normalized spacial score (nSPS) is 12.4. The van der Waals surface area contributed by atoms with Crippen LogP contribution in [-0.4, -0.2) is 6.04 Å². The summed E-state index contributed by atoms with van der Waals surface area (Å²) >= 11 is 9.05. The van der Waals surface area contributed by atoms with Gasteiger partial charge in [-0.1, -0.05) is 39.7 Å². The van der Waals surface area contributed by atoms with E-state index in [2.05, 4.69) is 21.4 Å². The van der Waals surface area contributed by atoms with Gasteiger partial charge in [0.2, 0.25) is 0 Å². The quantitative estimate of drug-likeness (QED) is 0.612. The van der Waals surface area contributed by atoms with E-state index < -0.39 is 5.82 Å². The molecule has 0 fully saturated rings. The van der Waals surface area contributed by atoms with Crippen molar-refractivity contribution in [3.8, 4) is 0 Å². The lowest BCUT2D eigenvalue weighted by molar-refractivity contribution is 0.494. The first-order valence-electron chi connectivity index (χ1n) is 6.34. The van der Waals surface area contributed by atoms with Gasteiger partial charge >= 0.3 is 0 Å².